The molecule has 3 rings (SSSR count). The van der Waals surface area contributed by atoms with E-state index in [1.165, 1.54) is 0 Å². The highest BCUT2D eigenvalue weighted by molar-refractivity contribution is 6.33. The smallest absolute Gasteiger partial charge is 0.249 e. The van der Waals surface area contributed by atoms with Crippen molar-refractivity contribution < 1.29 is 14.3 Å². The molecule has 1 aliphatic heterocycles. The number of hydrogen-bond donors (Lipinski definition) is 1. The van der Waals surface area contributed by atoms with Gasteiger partial charge in [-0.1, -0.05) is 11.6 Å². The summed E-state index contributed by atoms with van der Waals surface area (Å²) in [6.07, 6.45) is 3.41. The second-order valence-corrected chi connectivity index (χ2v) is 5.90. The van der Waals surface area contributed by atoms with Crippen molar-refractivity contribution in [1.82, 2.24) is 19.9 Å². The average Bonchev–Trinajstić information content (AvgIpc) is 3.20. The largest absolute Gasteiger partial charge is 0.376 e. The van der Waals surface area contributed by atoms with Crippen LogP contribution >= 0.6 is 11.6 Å². The van der Waals surface area contributed by atoms with Crippen LogP contribution in [0.15, 0.2) is 18.3 Å². The van der Waals surface area contributed by atoms with Gasteiger partial charge in [-0.25, -0.2) is 0 Å². The van der Waals surface area contributed by atoms with Crippen LogP contribution < -0.4 is 5.32 Å². The van der Waals surface area contributed by atoms with Crippen LogP contribution in [-0.2, 0) is 20.8 Å². The molecule has 0 radical (unpaired) electrons. The third-order valence-corrected chi connectivity index (χ3v) is 4.10. The molecular formula is C15H19ClN4O3. The summed E-state index contributed by atoms with van der Waals surface area (Å²) in [5.41, 5.74) is 0.570. The second kappa shape index (κ2) is 7.25. The van der Waals surface area contributed by atoms with Gasteiger partial charge in [0.25, 0.3) is 0 Å². The molecule has 8 heteroatoms. The number of pyridine rings is 1. The van der Waals surface area contributed by atoms with E-state index in [1.807, 2.05) is 0 Å². The monoisotopic (exact) mass is 338 g/mol. The van der Waals surface area contributed by atoms with Gasteiger partial charge in [0, 0.05) is 12.8 Å². The van der Waals surface area contributed by atoms with Gasteiger partial charge in [-0.15, -0.1) is 10.2 Å². The van der Waals surface area contributed by atoms with Crippen LogP contribution in [-0.4, -0.2) is 45.9 Å². The van der Waals surface area contributed by atoms with E-state index in [0.717, 1.165) is 19.4 Å². The quantitative estimate of drug-likeness (QED) is 0.865. The van der Waals surface area contributed by atoms with E-state index in [1.54, 1.807) is 29.7 Å². The Morgan fingerprint density at radius 2 is 2.48 bits per heavy atom. The minimum Gasteiger partial charge on any atom is -0.376 e. The van der Waals surface area contributed by atoms with Crippen LogP contribution in [0.4, 0.5) is 0 Å². The van der Waals surface area contributed by atoms with Crippen molar-refractivity contribution in [2.75, 3.05) is 13.2 Å². The first kappa shape index (κ1) is 16.2. The van der Waals surface area contributed by atoms with E-state index < -0.39 is 6.10 Å². The molecule has 2 atom stereocenters. The molecule has 0 aromatic carbocycles. The second-order valence-electron chi connectivity index (χ2n) is 5.49. The first-order valence-electron chi connectivity index (χ1n) is 7.64. The van der Waals surface area contributed by atoms with Crippen molar-refractivity contribution in [3.05, 3.63) is 29.2 Å². The lowest BCUT2D eigenvalue weighted by molar-refractivity contribution is -0.133. The summed E-state index contributed by atoms with van der Waals surface area (Å²) in [6, 6.07) is 3.55. The summed E-state index contributed by atoms with van der Waals surface area (Å²) in [4.78, 5) is 12.1. The number of aromatic nitrogens is 3. The van der Waals surface area contributed by atoms with Crippen molar-refractivity contribution in [3.63, 3.8) is 0 Å². The fraction of sp³-hybridized carbons (Fsp3) is 0.533. The molecule has 1 N–H and O–H groups in total. The number of amides is 1. The van der Waals surface area contributed by atoms with Gasteiger partial charge in [-0.05, 0) is 31.9 Å². The minimum absolute atomic E-state index is 0.104. The van der Waals surface area contributed by atoms with Gasteiger partial charge in [-0.2, -0.15) is 0 Å². The van der Waals surface area contributed by atoms with Crippen LogP contribution in [0.5, 0.6) is 0 Å². The first-order valence-corrected chi connectivity index (χ1v) is 8.02. The maximum Gasteiger partial charge on any atom is 0.249 e. The van der Waals surface area contributed by atoms with Crippen LogP contribution in [0, 0.1) is 0 Å². The van der Waals surface area contributed by atoms with Crippen molar-refractivity contribution in [1.29, 1.82) is 0 Å². The van der Waals surface area contributed by atoms with E-state index in [9.17, 15) is 4.79 Å². The van der Waals surface area contributed by atoms with E-state index in [-0.39, 0.29) is 18.6 Å². The Morgan fingerprint density at radius 1 is 1.61 bits per heavy atom. The molecule has 0 saturated carbocycles. The number of ether oxygens (including phenoxy) is 2. The highest BCUT2D eigenvalue weighted by Crippen LogP contribution is 2.15. The van der Waals surface area contributed by atoms with Gasteiger partial charge >= 0.3 is 0 Å². The van der Waals surface area contributed by atoms with Crippen molar-refractivity contribution in [3.8, 4) is 0 Å². The van der Waals surface area contributed by atoms with Crippen molar-refractivity contribution >= 4 is 23.2 Å². The fourth-order valence-electron chi connectivity index (χ4n) is 2.46. The third kappa shape index (κ3) is 3.80. The highest BCUT2D eigenvalue weighted by atomic mass is 35.5. The maximum absolute atomic E-state index is 12.1. The molecule has 2 aromatic rings. The Balaban J connectivity index is 1.52. The molecule has 3 heterocycles. The van der Waals surface area contributed by atoms with E-state index in [2.05, 4.69) is 15.5 Å². The highest BCUT2D eigenvalue weighted by Gasteiger charge is 2.20. The molecule has 1 amide bonds. The lowest BCUT2D eigenvalue weighted by Crippen LogP contribution is -2.36. The van der Waals surface area contributed by atoms with Gasteiger partial charge in [0.15, 0.2) is 11.5 Å². The predicted molar refractivity (Wildman–Crippen MR) is 84.2 cm³/mol. The molecule has 1 aliphatic rings. The number of nitrogens with zero attached hydrogens (tertiary/aromatic N) is 3. The first-order chi connectivity index (χ1) is 11.1. The summed E-state index contributed by atoms with van der Waals surface area (Å²) in [6.45, 7) is 3.20. The molecule has 124 valence electrons. The Labute approximate surface area is 138 Å². The van der Waals surface area contributed by atoms with E-state index >= 15 is 0 Å². The summed E-state index contributed by atoms with van der Waals surface area (Å²) < 4.78 is 12.8. The lowest BCUT2D eigenvalue weighted by atomic mass is 10.2. The number of fused-ring (bicyclic) bond motifs is 1. The number of nitrogens with one attached hydrogen (secondary N) is 1. The zero-order chi connectivity index (χ0) is 16.2. The Hall–Kier alpha value is -1.70. The number of halogens is 1. The molecule has 23 heavy (non-hydrogen) atoms. The van der Waals surface area contributed by atoms with Crippen LogP contribution in [0.2, 0.25) is 5.02 Å². The van der Waals surface area contributed by atoms with Gasteiger partial charge < -0.3 is 14.8 Å². The van der Waals surface area contributed by atoms with Gasteiger partial charge in [-0.3, -0.25) is 9.20 Å². The number of carbonyl (C=O) groups excluding carboxylic acids is 1. The summed E-state index contributed by atoms with van der Waals surface area (Å²) in [7, 11) is 0. The molecule has 1 saturated heterocycles. The third-order valence-electron chi connectivity index (χ3n) is 3.80. The summed E-state index contributed by atoms with van der Waals surface area (Å²) >= 11 is 6.04. The fourth-order valence-corrected chi connectivity index (χ4v) is 2.67. The van der Waals surface area contributed by atoms with Crippen LogP contribution in [0.1, 0.15) is 25.6 Å². The molecule has 0 aliphatic carbocycles. The predicted octanol–water partition coefficient (Wildman–Crippen LogP) is 1.58. The Bertz CT molecular complexity index is 684. The molecule has 7 nitrogen and oxygen atoms in total. The van der Waals surface area contributed by atoms with Crippen LogP contribution in [0.25, 0.3) is 5.65 Å². The molecule has 2 unspecified atom stereocenters. The maximum atomic E-state index is 12.1. The van der Waals surface area contributed by atoms with Crippen LogP contribution in [0.3, 0.4) is 0 Å². The summed E-state index contributed by atoms with van der Waals surface area (Å²) in [5, 5.41) is 11.4. The zero-order valence-electron chi connectivity index (χ0n) is 12.9. The molecular weight excluding hydrogens is 320 g/mol. The van der Waals surface area contributed by atoms with E-state index in [4.69, 9.17) is 21.1 Å². The van der Waals surface area contributed by atoms with Gasteiger partial charge in [0.05, 0.1) is 24.3 Å². The zero-order valence-corrected chi connectivity index (χ0v) is 13.6. The van der Waals surface area contributed by atoms with Crippen molar-refractivity contribution in [2.45, 2.75) is 38.5 Å². The molecule has 2 aromatic heterocycles. The minimum atomic E-state index is -0.540. The normalized spacial score (nSPS) is 19.1. The van der Waals surface area contributed by atoms with E-state index in [0.29, 0.717) is 23.1 Å². The molecule has 1 fully saturated rings. The summed E-state index contributed by atoms with van der Waals surface area (Å²) in [5.74, 6) is 0.420. The Morgan fingerprint density at radius 3 is 3.26 bits per heavy atom. The molecule has 0 spiro atoms. The number of hydrogen-bond acceptors (Lipinski definition) is 5. The number of rotatable bonds is 6. The standard InChI is InChI=1S/C15H19ClN4O3/c1-10(23-9-11-4-3-7-22-11)15(21)17-8-13-18-19-14-12(16)5-2-6-20(13)14/h2,5-6,10-11H,3-4,7-9H2,1H3,(H,17,21). The van der Waals surface area contributed by atoms with Gasteiger partial charge in [0.2, 0.25) is 5.91 Å². The average molecular weight is 339 g/mol. The van der Waals surface area contributed by atoms with Crippen molar-refractivity contribution in [2.24, 2.45) is 0 Å². The number of carbonyl (C=O) groups is 1. The lowest BCUT2D eigenvalue weighted by Gasteiger charge is -2.15. The molecule has 0 bridgehead atoms. The Kier molecular flexibility index (Phi) is 5.09. The van der Waals surface area contributed by atoms with Gasteiger partial charge in [0.1, 0.15) is 6.10 Å². The topological polar surface area (TPSA) is 77.8 Å². The SMILES string of the molecule is CC(OCC1CCCO1)C(=O)NCc1nnc2c(Cl)cccn12.